The van der Waals surface area contributed by atoms with Crippen molar-refractivity contribution in [2.75, 3.05) is 11.5 Å². The SMILES string of the molecule is N=C(N)SCCCCCCCCCCCSC(=N)N. The number of unbranched alkanes of at least 4 members (excludes halogenated alkanes) is 8. The summed E-state index contributed by atoms with van der Waals surface area (Å²) < 4.78 is 0. The maximum absolute atomic E-state index is 7.08. The van der Waals surface area contributed by atoms with E-state index in [4.69, 9.17) is 22.3 Å². The lowest BCUT2D eigenvalue weighted by atomic mass is 10.1. The van der Waals surface area contributed by atoms with Crippen LogP contribution in [-0.2, 0) is 0 Å². The first-order valence-electron chi connectivity index (χ1n) is 7.06. The molecule has 6 N–H and O–H groups in total. The molecule has 0 aromatic heterocycles. The Balaban J connectivity index is 2.99. The Hall–Kier alpha value is -0.360. The molecule has 0 unspecified atom stereocenters. The Morgan fingerprint density at radius 1 is 0.579 bits per heavy atom. The van der Waals surface area contributed by atoms with Gasteiger partial charge in [-0.15, -0.1) is 0 Å². The minimum Gasteiger partial charge on any atom is -0.379 e. The molecule has 0 fully saturated rings. The third kappa shape index (κ3) is 17.6. The molecule has 0 atom stereocenters. The molecule has 4 nitrogen and oxygen atoms in total. The van der Waals surface area contributed by atoms with Gasteiger partial charge in [0.05, 0.1) is 0 Å². The highest BCUT2D eigenvalue weighted by Gasteiger charge is 1.95. The van der Waals surface area contributed by atoms with Crippen LogP contribution in [0.4, 0.5) is 0 Å². The molecular weight excluding hydrogens is 276 g/mol. The van der Waals surface area contributed by atoms with Crippen molar-refractivity contribution in [1.82, 2.24) is 0 Å². The van der Waals surface area contributed by atoms with Crippen molar-refractivity contribution in [3.8, 4) is 0 Å². The average molecular weight is 305 g/mol. The van der Waals surface area contributed by atoms with Crippen molar-refractivity contribution < 1.29 is 0 Å². The second-order valence-corrected chi connectivity index (χ2v) is 6.88. The zero-order valence-corrected chi connectivity index (χ0v) is 13.4. The highest BCUT2D eigenvalue weighted by Crippen LogP contribution is 2.12. The second-order valence-electron chi connectivity index (χ2n) is 4.61. The minimum absolute atomic E-state index is 0.239. The number of hydrogen-bond acceptors (Lipinski definition) is 4. The van der Waals surface area contributed by atoms with E-state index in [1.807, 2.05) is 0 Å². The molecular formula is C13H28N4S2. The molecule has 19 heavy (non-hydrogen) atoms. The normalized spacial score (nSPS) is 10.5. The van der Waals surface area contributed by atoms with E-state index in [-0.39, 0.29) is 10.3 Å². The summed E-state index contributed by atoms with van der Waals surface area (Å²) in [6.45, 7) is 0. The van der Waals surface area contributed by atoms with Crippen LogP contribution in [0.5, 0.6) is 0 Å². The first-order valence-corrected chi connectivity index (χ1v) is 9.03. The molecule has 0 rings (SSSR count). The van der Waals surface area contributed by atoms with Gasteiger partial charge in [0.1, 0.15) is 0 Å². The highest BCUT2D eigenvalue weighted by atomic mass is 32.2. The number of thioether (sulfide) groups is 2. The topological polar surface area (TPSA) is 99.7 Å². The summed E-state index contributed by atoms with van der Waals surface area (Å²) in [5.41, 5.74) is 10.5. The van der Waals surface area contributed by atoms with E-state index in [0.717, 1.165) is 11.5 Å². The molecule has 0 aromatic carbocycles. The summed E-state index contributed by atoms with van der Waals surface area (Å²) in [6, 6.07) is 0. The van der Waals surface area contributed by atoms with Crippen LogP contribution in [0.15, 0.2) is 0 Å². The first-order chi connectivity index (χ1) is 9.13. The van der Waals surface area contributed by atoms with Crippen LogP contribution < -0.4 is 11.5 Å². The number of nitrogens with two attached hydrogens (primary N) is 2. The summed E-state index contributed by atoms with van der Waals surface area (Å²) in [4.78, 5) is 0. The number of nitrogens with one attached hydrogen (secondary N) is 2. The predicted octanol–water partition coefficient (Wildman–Crippen LogP) is 3.75. The minimum atomic E-state index is 0.239. The van der Waals surface area contributed by atoms with E-state index in [2.05, 4.69) is 0 Å². The van der Waals surface area contributed by atoms with E-state index in [9.17, 15) is 0 Å². The van der Waals surface area contributed by atoms with Crippen molar-refractivity contribution >= 4 is 33.9 Å². The molecule has 0 saturated heterocycles. The van der Waals surface area contributed by atoms with Crippen molar-refractivity contribution in [1.29, 1.82) is 10.8 Å². The maximum Gasteiger partial charge on any atom is 0.151 e. The van der Waals surface area contributed by atoms with E-state index in [1.54, 1.807) is 0 Å². The van der Waals surface area contributed by atoms with Crippen LogP contribution in [0.1, 0.15) is 57.8 Å². The van der Waals surface area contributed by atoms with Gasteiger partial charge in [-0.3, -0.25) is 10.8 Å². The molecule has 0 radical (unpaired) electrons. The largest absolute Gasteiger partial charge is 0.379 e. The zero-order chi connectivity index (χ0) is 14.3. The Labute approximate surface area is 125 Å². The van der Waals surface area contributed by atoms with Gasteiger partial charge in [0.2, 0.25) is 0 Å². The molecule has 112 valence electrons. The maximum atomic E-state index is 7.08. The van der Waals surface area contributed by atoms with E-state index >= 15 is 0 Å². The molecule has 0 aliphatic carbocycles. The summed E-state index contributed by atoms with van der Waals surface area (Å²) in [5.74, 6) is 1.98. The Morgan fingerprint density at radius 3 is 1.11 bits per heavy atom. The van der Waals surface area contributed by atoms with Crippen LogP contribution in [0, 0.1) is 10.8 Å². The van der Waals surface area contributed by atoms with E-state index < -0.39 is 0 Å². The van der Waals surface area contributed by atoms with Gasteiger partial charge in [-0.2, -0.15) is 0 Å². The van der Waals surface area contributed by atoms with Crippen LogP contribution in [0.2, 0.25) is 0 Å². The summed E-state index contributed by atoms with van der Waals surface area (Å²) >= 11 is 2.90. The molecule has 0 heterocycles. The van der Waals surface area contributed by atoms with Crippen LogP contribution in [-0.4, -0.2) is 21.8 Å². The molecule has 0 saturated carbocycles. The zero-order valence-electron chi connectivity index (χ0n) is 11.7. The van der Waals surface area contributed by atoms with Gasteiger partial charge in [-0.1, -0.05) is 68.5 Å². The van der Waals surface area contributed by atoms with Crippen LogP contribution in [0.25, 0.3) is 0 Å². The molecule has 6 heteroatoms. The molecule has 0 aliphatic heterocycles. The Kier molecular flexibility index (Phi) is 13.8. The van der Waals surface area contributed by atoms with Gasteiger partial charge >= 0.3 is 0 Å². The van der Waals surface area contributed by atoms with Gasteiger partial charge in [-0.25, -0.2) is 0 Å². The smallest absolute Gasteiger partial charge is 0.151 e. The third-order valence-corrected chi connectivity index (χ3v) is 4.41. The fourth-order valence-electron chi connectivity index (χ4n) is 1.81. The van der Waals surface area contributed by atoms with Crippen LogP contribution in [0.3, 0.4) is 0 Å². The van der Waals surface area contributed by atoms with E-state index in [1.165, 1.54) is 81.3 Å². The van der Waals surface area contributed by atoms with Gasteiger partial charge < -0.3 is 11.5 Å². The first kappa shape index (κ1) is 18.6. The molecule has 0 aromatic rings. The van der Waals surface area contributed by atoms with Crippen molar-refractivity contribution in [3.05, 3.63) is 0 Å². The third-order valence-electron chi connectivity index (χ3n) is 2.80. The van der Waals surface area contributed by atoms with Crippen molar-refractivity contribution in [2.24, 2.45) is 11.5 Å². The summed E-state index contributed by atoms with van der Waals surface area (Å²) in [7, 11) is 0. The van der Waals surface area contributed by atoms with E-state index in [0.29, 0.717) is 0 Å². The summed E-state index contributed by atoms with van der Waals surface area (Å²) in [5, 5.41) is 14.6. The lowest BCUT2D eigenvalue weighted by molar-refractivity contribution is 0.574. The van der Waals surface area contributed by atoms with Crippen LogP contribution >= 0.6 is 23.5 Å². The van der Waals surface area contributed by atoms with Crippen molar-refractivity contribution in [2.45, 2.75) is 57.8 Å². The number of hydrogen-bond donors (Lipinski definition) is 4. The highest BCUT2D eigenvalue weighted by molar-refractivity contribution is 8.13. The molecule has 0 aliphatic rings. The quantitative estimate of drug-likeness (QED) is 0.250. The summed E-state index contributed by atoms with van der Waals surface area (Å²) in [6.07, 6.45) is 11.5. The Bertz CT molecular complexity index is 223. The monoisotopic (exact) mass is 304 g/mol. The van der Waals surface area contributed by atoms with Gasteiger partial charge in [0.15, 0.2) is 10.3 Å². The van der Waals surface area contributed by atoms with Gasteiger partial charge in [0.25, 0.3) is 0 Å². The van der Waals surface area contributed by atoms with Gasteiger partial charge in [0, 0.05) is 11.5 Å². The molecule has 0 amide bonds. The second kappa shape index (κ2) is 14.1. The molecule has 0 spiro atoms. The number of rotatable bonds is 12. The number of amidine groups is 2. The lowest BCUT2D eigenvalue weighted by Gasteiger charge is -2.02. The van der Waals surface area contributed by atoms with Gasteiger partial charge in [-0.05, 0) is 12.8 Å². The standard InChI is InChI=1S/C13H28N4S2/c14-12(15)18-10-8-6-4-2-1-3-5-7-9-11-19-13(16)17/h1-11H2,(H3,14,15)(H3,16,17). The fourth-order valence-corrected chi connectivity index (χ4v) is 2.94. The Morgan fingerprint density at radius 2 is 0.842 bits per heavy atom. The fraction of sp³-hybridized carbons (Fsp3) is 0.846. The average Bonchev–Trinajstić information content (AvgIpc) is 2.34. The predicted molar refractivity (Wildman–Crippen MR) is 90.3 cm³/mol. The van der Waals surface area contributed by atoms with Crippen molar-refractivity contribution in [3.63, 3.8) is 0 Å². The molecule has 0 bridgehead atoms. The lowest BCUT2D eigenvalue weighted by Crippen LogP contribution is -2.04.